The molecule has 0 aromatic heterocycles. The Morgan fingerprint density at radius 2 is 2.20 bits per heavy atom. The monoisotopic (exact) mass is 207 g/mol. The first-order chi connectivity index (χ1) is 6.97. The van der Waals surface area contributed by atoms with Crippen molar-refractivity contribution < 1.29 is 14.8 Å². The zero-order valence-electron chi connectivity index (χ0n) is 7.30. The number of nitrogens with two attached hydrogens (primary N) is 1. The number of nitrogens with zero attached hydrogens (tertiary/aromatic N) is 2. The van der Waals surface area contributed by atoms with Gasteiger partial charge in [-0.25, -0.2) is 4.79 Å². The summed E-state index contributed by atoms with van der Waals surface area (Å²) in [7, 11) is 0. The molecule has 0 unspecified atom stereocenters. The number of aromatic carboxylic acids is 1. The first-order valence-electron chi connectivity index (χ1n) is 3.68. The molecule has 7 heteroatoms. The molecule has 0 heterocycles. The van der Waals surface area contributed by atoms with Crippen LogP contribution in [0.25, 0.3) is 0 Å². The van der Waals surface area contributed by atoms with Crippen LogP contribution in [0.15, 0.2) is 12.1 Å². The van der Waals surface area contributed by atoms with E-state index in [2.05, 4.69) is 0 Å². The number of nitro groups is 1. The lowest BCUT2D eigenvalue weighted by atomic mass is 10.1. The van der Waals surface area contributed by atoms with Gasteiger partial charge in [-0.3, -0.25) is 10.1 Å². The molecule has 1 aromatic carbocycles. The molecule has 7 nitrogen and oxygen atoms in total. The molecule has 1 aromatic rings. The van der Waals surface area contributed by atoms with Crippen LogP contribution in [0.2, 0.25) is 0 Å². The molecular weight excluding hydrogens is 202 g/mol. The number of benzene rings is 1. The number of carboxylic acids is 1. The summed E-state index contributed by atoms with van der Waals surface area (Å²) in [5.74, 6) is -1.35. The van der Waals surface area contributed by atoms with E-state index in [-0.39, 0.29) is 16.8 Å². The Morgan fingerprint density at radius 3 is 2.60 bits per heavy atom. The second-order valence-corrected chi connectivity index (χ2v) is 2.63. The SMILES string of the molecule is N#Cc1cc([N+](=O)[O-])c(N)cc1C(=O)O. The van der Waals surface area contributed by atoms with E-state index in [1.165, 1.54) is 0 Å². The third-order valence-corrected chi connectivity index (χ3v) is 1.71. The predicted octanol–water partition coefficient (Wildman–Crippen LogP) is 0.747. The van der Waals surface area contributed by atoms with E-state index in [1.807, 2.05) is 0 Å². The summed E-state index contributed by atoms with van der Waals surface area (Å²) in [6, 6.07) is 3.31. The topological polar surface area (TPSA) is 130 Å². The van der Waals surface area contributed by atoms with Crippen molar-refractivity contribution in [3.63, 3.8) is 0 Å². The number of nitrogen functional groups attached to an aromatic ring is 1. The van der Waals surface area contributed by atoms with Gasteiger partial charge in [-0.15, -0.1) is 0 Å². The first-order valence-corrected chi connectivity index (χ1v) is 3.68. The van der Waals surface area contributed by atoms with E-state index in [1.54, 1.807) is 6.07 Å². The zero-order valence-corrected chi connectivity index (χ0v) is 7.30. The summed E-state index contributed by atoms with van der Waals surface area (Å²) in [5.41, 5.74) is 3.88. The fourth-order valence-electron chi connectivity index (χ4n) is 1.03. The van der Waals surface area contributed by atoms with Gasteiger partial charge >= 0.3 is 5.97 Å². The van der Waals surface area contributed by atoms with Crippen molar-refractivity contribution in [3.05, 3.63) is 33.4 Å². The highest BCUT2D eigenvalue weighted by atomic mass is 16.6. The fourth-order valence-corrected chi connectivity index (χ4v) is 1.03. The van der Waals surface area contributed by atoms with Crippen LogP contribution in [-0.4, -0.2) is 16.0 Å². The Bertz CT molecular complexity index is 489. The molecule has 0 saturated carbocycles. The Hall–Kier alpha value is -2.62. The molecule has 0 amide bonds. The Morgan fingerprint density at radius 1 is 1.60 bits per heavy atom. The van der Waals surface area contributed by atoms with Crippen molar-refractivity contribution in [2.24, 2.45) is 0 Å². The van der Waals surface area contributed by atoms with Crippen LogP contribution >= 0.6 is 0 Å². The molecule has 0 aliphatic carbocycles. The smallest absolute Gasteiger partial charge is 0.337 e. The number of nitro benzene ring substituents is 1. The number of carboxylic acid groups (broad SMARTS) is 1. The third-order valence-electron chi connectivity index (χ3n) is 1.71. The van der Waals surface area contributed by atoms with Gasteiger partial charge in [0.1, 0.15) is 11.8 Å². The fraction of sp³-hybridized carbons (Fsp3) is 0. The van der Waals surface area contributed by atoms with E-state index in [9.17, 15) is 14.9 Å². The maximum Gasteiger partial charge on any atom is 0.337 e. The summed E-state index contributed by atoms with van der Waals surface area (Å²) < 4.78 is 0. The van der Waals surface area contributed by atoms with Crippen LogP contribution in [0.3, 0.4) is 0 Å². The Kier molecular flexibility index (Phi) is 2.53. The zero-order chi connectivity index (χ0) is 11.6. The van der Waals surface area contributed by atoms with E-state index < -0.39 is 16.6 Å². The molecule has 15 heavy (non-hydrogen) atoms. The number of rotatable bonds is 2. The number of nitriles is 1. The molecule has 3 N–H and O–H groups in total. The quantitative estimate of drug-likeness (QED) is 0.418. The largest absolute Gasteiger partial charge is 0.478 e. The summed E-state index contributed by atoms with van der Waals surface area (Å²) in [5, 5.41) is 27.7. The van der Waals surface area contributed by atoms with Gasteiger partial charge in [-0.2, -0.15) is 5.26 Å². The molecule has 0 aliphatic heterocycles. The maximum atomic E-state index is 10.6. The number of hydrogen-bond donors (Lipinski definition) is 2. The van der Waals surface area contributed by atoms with Crippen molar-refractivity contribution >= 4 is 17.3 Å². The van der Waals surface area contributed by atoms with E-state index >= 15 is 0 Å². The lowest BCUT2D eigenvalue weighted by Gasteiger charge is -2.01. The van der Waals surface area contributed by atoms with Gasteiger partial charge in [0.25, 0.3) is 5.69 Å². The van der Waals surface area contributed by atoms with E-state index in [0.29, 0.717) is 0 Å². The normalized spacial score (nSPS) is 9.27. The summed E-state index contributed by atoms with van der Waals surface area (Å²) in [6.45, 7) is 0. The van der Waals surface area contributed by atoms with Crippen LogP contribution in [0.4, 0.5) is 11.4 Å². The summed E-state index contributed by atoms with van der Waals surface area (Å²) in [6.07, 6.45) is 0. The lowest BCUT2D eigenvalue weighted by Crippen LogP contribution is -2.04. The van der Waals surface area contributed by atoms with Crippen molar-refractivity contribution in [3.8, 4) is 6.07 Å². The van der Waals surface area contributed by atoms with Gasteiger partial charge in [0.15, 0.2) is 0 Å². The average molecular weight is 207 g/mol. The highest BCUT2D eigenvalue weighted by Crippen LogP contribution is 2.25. The van der Waals surface area contributed by atoms with E-state index in [4.69, 9.17) is 16.1 Å². The standard InChI is InChI=1S/C8H5N3O4/c9-3-4-1-7(11(14)15)6(10)2-5(4)8(12)13/h1-2H,10H2,(H,12,13). The summed E-state index contributed by atoms with van der Waals surface area (Å²) >= 11 is 0. The second-order valence-electron chi connectivity index (χ2n) is 2.63. The van der Waals surface area contributed by atoms with Crippen molar-refractivity contribution in [2.45, 2.75) is 0 Å². The third kappa shape index (κ3) is 1.83. The maximum absolute atomic E-state index is 10.6. The van der Waals surface area contributed by atoms with Gasteiger partial charge in [-0.05, 0) is 6.07 Å². The molecule has 76 valence electrons. The van der Waals surface area contributed by atoms with Gasteiger partial charge in [0.2, 0.25) is 0 Å². The first kappa shape index (κ1) is 10.5. The van der Waals surface area contributed by atoms with Crippen molar-refractivity contribution in [1.82, 2.24) is 0 Å². The minimum atomic E-state index is -1.35. The van der Waals surface area contributed by atoms with Gasteiger partial charge < -0.3 is 10.8 Å². The van der Waals surface area contributed by atoms with Crippen molar-refractivity contribution in [1.29, 1.82) is 5.26 Å². The number of carbonyl (C=O) groups is 1. The average Bonchev–Trinajstić information content (AvgIpc) is 2.16. The Balaban J connectivity index is 3.51. The Labute approximate surface area is 83.5 Å². The van der Waals surface area contributed by atoms with Crippen LogP contribution in [0.1, 0.15) is 15.9 Å². The highest BCUT2D eigenvalue weighted by molar-refractivity contribution is 5.93. The van der Waals surface area contributed by atoms with E-state index in [0.717, 1.165) is 12.1 Å². The van der Waals surface area contributed by atoms with Gasteiger partial charge in [0, 0.05) is 6.07 Å². The minimum Gasteiger partial charge on any atom is -0.478 e. The van der Waals surface area contributed by atoms with Crippen LogP contribution < -0.4 is 5.73 Å². The molecule has 1 rings (SSSR count). The van der Waals surface area contributed by atoms with Crippen LogP contribution in [-0.2, 0) is 0 Å². The molecule has 0 aliphatic rings. The molecule has 0 fully saturated rings. The molecule has 0 spiro atoms. The lowest BCUT2D eigenvalue weighted by molar-refractivity contribution is -0.383. The van der Waals surface area contributed by atoms with Crippen LogP contribution in [0.5, 0.6) is 0 Å². The molecule has 0 radical (unpaired) electrons. The highest BCUT2D eigenvalue weighted by Gasteiger charge is 2.19. The second kappa shape index (κ2) is 3.63. The number of anilines is 1. The van der Waals surface area contributed by atoms with Crippen LogP contribution in [0, 0.1) is 21.4 Å². The van der Waals surface area contributed by atoms with Gasteiger partial charge in [0.05, 0.1) is 16.1 Å². The molecule has 0 saturated heterocycles. The number of hydrogen-bond acceptors (Lipinski definition) is 5. The van der Waals surface area contributed by atoms with Gasteiger partial charge in [-0.1, -0.05) is 0 Å². The molecular formula is C8H5N3O4. The predicted molar refractivity (Wildman–Crippen MR) is 49.2 cm³/mol. The molecule has 0 atom stereocenters. The summed E-state index contributed by atoms with van der Waals surface area (Å²) in [4.78, 5) is 20.3. The van der Waals surface area contributed by atoms with Crippen molar-refractivity contribution in [2.75, 3.05) is 5.73 Å². The molecule has 0 bridgehead atoms. The minimum absolute atomic E-state index is 0.281.